The molecule has 0 radical (unpaired) electrons. The third-order valence-corrected chi connectivity index (χ3v) is 5.53. The molecule has 5 nitrogen and oxygen atoms in total. The Kier molecular flexibility index (Phi) is 5.25. The minimum absolute atomic E-state index is 0.133. The Morgan fingerprint density at radius 3 is 2.62 bits per heavy atom. The van der Waals surface area contributed by atoms with Gasteiger partial charge in [0.15, 0.2) is 5.82 Å². The van der Waals surface area contributed by atoms with E-state index in [0.29, 0.717) is 0 Å². The standard InChI is InChI=1S/C20H27N5S/c1-13-14(2)26-19-16(13)18(22-11-20(3,4)12-25(5)6)23-17(24-19)15-8-7-9-21-10-15/h7-10H,11-12H2,1-6H3,(H,22,23,24). The van der Waals surface area contributed by atoms with E-state index in [2.05, 4.69) is 57.0 Å². The van der Waals surface area contributed by atoms with E-state index in [0.717, 1.165) is 40.5 Å². The second-order valence-electron chi connectivity index (χ2n) is 7.86. The van der Waals surface area contributed by atoms with Gasteiger partial charge in [-0.25, -0.2) is 9.97 Å². The van der Waals surface area contributed by atoms with Gasteiger partial charge in [0.1, 0.15) is 10.6 Å². The van der Waals surface area contributed by atoms with Crippen molar-refractivity contribution in [2.24, 2.45) is 5.41 Å². The molecule has 0 aliphatic carbocycles. The fraction of sp³-hybridized carbons (Fsp3) is 0.450. The van der Waals surface area contributed by atoms with Gasteiger partial charge < -0.3 is 10.2 Å². The van der Waals surface area contributed by atoms with Crippen molar-refractivity contribution in [3.8, 4) is 11.4 Å². The fourth-order valence-corrected chi connectivity index (χ4v) is 4.27. The molecule has 0 aliphatic rings. The molecule has 26 heavy (non-hydrogen) atoms. The predicted molar refractivity (Wildman–Crippen MR) is 111 cm³/mol. The van der Waals surface area contributed by atoms with Crippen molar-refractivity contribution in [2.45, 2.75) is 27.7 Å². The Labute approximate surface area is 159 Å². The molecule has 6 heteroatoms. The van der Waals surface area contributed by atoms with Crippen LogP contribution >= 0.6 is 11.3 Å². The van der Waals surface area contributed by atoms with Gasteiger partial charge in [0.2, 0.25) is 0 Å². The minimum Gasteiger partial charge on any atom is -0.369 e. The molecule has 0 aromatic carbocycles. The lowest BCUT2D eigenvalue weighted by molar-refractivity contribution is 0.254. The normalized spacial score (nSPS) is 12.1. The van der Waals surface area contributed by atoms with Crippen molar-refractivity contribution < 1.29 is 0 Å². The van der Waals surface area contributed by atoms with Gasteiger partial charge in [-0.15, -0.1) is 11.3 Å². The van der Waals surface area contributed by atoms with Gasteiger partial charge >= 0.3 is 0 Å². The van der Waals surface area contributed by atoms with Gasteiger partial charge in [-0.2, -0.15) is 0 Å². The number of pyridine rings is 1. The molecule has 3 rings (SSSR count). The number of nitrogens with zero attached hydrogens (tertiary/aromatic N) is 4. The van der Waals surface area contributed by atoms with Crippen molar-refractivity contribution in [1.82, 2.24) is 19.9 Å². The average Bonchev–Trinajstić information content (AvgIpc) is 2.87. The summed E-state index contributed by atoms with van der Waals surface area (Å²) in [6.07, 6.45) is 3.58. The molecule has 3 aromatic rings. The molecule has 0 atom stereocenters. The van der Waals surface area contributed by atoms with Crippen LogP contribution in [-0.2, 0) is 0 Å². The number of aryl methyl sites for hydroxylation is 2. The summed E-state index contributed by atoms with van der Waals surface area (Å²) in [5.74, 6) is 1.64. The third-order valence-electron chi connectivity index (χ3n) is 4.43. The Morgan fingerprint density at radius 2 is 1.96 bits per heavy atom. The van der Waals surface area contributed by atoms with Crippen molar-refractivity contribution in [1.29, 1.82) is 0 Å². The summed E-state index contributed by atoms with van der Waals surface area (Å²) in [5.41, 5.74) is 2.33. The molecule has 0 amide bonds. The van der Waals surface area contributed by atoms with Crippen LogP contribution in [0.25, 0.3) is 21.6 Å². The molecule has 0 aliphatic heterocycles. The van der Waals surface area contributed by atoms with Crippen LogP contribution in [0.3, 0.4) is 0 Å². The maximum atomic E-state index is 4.86. The highest BCUT2D eigenvalue weighted by Gasteiger charge is 2.21. The maximum absolute atomic E-state index is 4.86. The molecule has 1 N–H and O–H groups in total. The summed E-state index contributed by atoms with van der Waals surface area (Å²) >= 11 is 1.73. The largest absolute Gasteiger partial charge is 0.369 e. The van der Waals surface area contributed by atoms with Crippen LogP contribution in [0.4, 0.5) is 5.82 Å². The van der Waals surface area contributed by atoms with E-state index in [-0.39, 0.29) is 5.41 Å². The quantitative estimate of drug-likeness (QED) is 0.699. The summed E-state index contributed by atoms with van der Waals surface area (Å²) in [6, 6.07) is 3.92. The van der Waals surface area contributed by atoms with E-state index >= 15 is 0 Å². The van der Waals surface area contributed by atoms with E-state index in [1.165, 1.54) is 10.4 Å². The van der Waals surface area contributed by atoms with Crippen LogP contribution in [0.5, 0.6) is 0 Å². The van der Waals surface area contributed by atoms with Crippen molar-refractivity contribution in [3.63, 3.8) is 0 Å². The van der Waals surface area contributed by atoms with Crippen LogP contribution in [0.15, 0.2) is 24.5 Å². The molecule has 138 valence electrons. The molecular formula is C20H27N5S. The second kappa shape index (κ2) is 7.29. The highest BCUT2D eigenvalue weighted by atomic mass is 32.1. The molecule has 0 unspecified atom stereocenters. The number of fused-ring (bicyclic) bond motifs is 1. The van der Waals surface area contributed by atoms with Crippen molar-refractivity contribution in [2.75, 3.05) is 32.5 Å². The first-order chi connectivity index (χ1) is 12.3. The first kappa shape index (κ1) is 18.7. The van der Waals surface area contributed by atoms with E-state index < -0.39 is 0 Å². The zero-order valence-corrected chi connectivity index (χ0v) is 17.2. The molecule has 3 heterocycles. The molecule has 0 saturated carbocycles. The molecule has 0 bridgehead atoms. The van der Waals surface area contributed by atoms with Crippen LogP contribution in [0.2, 0.25) is 0 Å². The number of hydrogen-bond donors (Lipinski definition) is 1. The Morgan fingerprint density at radius 1 is 1.19 bits per heavy atom. The highest BCUT2D eigenvalue weighted by Crippen LogP contribution is 2.35. The van der Waals surface area contributed by atoms with Crippen LogP contribution in [0, 0.1) is 19.3 Å². The number of nitrogens with one attached hydrogen (secondary N) is 1. The van der Waals surface area contributed by atoms with Crippen molar-refractivity contribution in [3.05, 3.63) is 35.0 Å². The lowest BCUT2D eigenvalue weighted by Gasteiger charge is -2.28. The lowest BCUT2D eigenvalue weighted by atomic mass is 9.93. The number of rotatable bonds is 6. The topological polar surface area (TPSA) is 53.9 Å². The second-order valence-corrected chi connectivity index (χ2v) is 9.06. The number of hydrogen-bond acceptors (Lipinski definition) is 6. The highest BCUT2D eigenvalue weighted by molar-refractivity contribution is 7.18. The first-order valence-corrected chi connectivity index (χ1v) is 9.65. The van der Waals surface area contributed by atoms with Gasteiger partial charge in [0, 0.05) is 35.9 Å². The molecule has 0 saturated heterocycles. The molecule has 3 aromatic heterocycles. The fourth-order valence-electron chi connectivity index (χ4n) is 3.24. The van der Waals surface area contributed by atoms with Gasteiger partial charge in [-0.05, 0) is 51.1 Å². The first-order valence-electron chi connectivity index (χ1n) is 8.83. The summed E-state index contributed by atoms with van der Waals surface area (Å²) in [6.45, 7) is 10.7. The minimum atomic E-state index is 0.133. The monoisotopic (exact) mass is 369 g/mol. The summed E-state index contributed by atoms with van der Waals surface area (Å²) in [5, 5.41) is 4.75. The Balaban J connectivity index is 2.02. The van der Waals surface area contributed by atoms with Gasteiger partial charge in [-0.3, -0.25) is 4.98 Å². The van der Waals surface area contributed by atoms with Crippen LogP contribution in [0.1, 0.15) is 24.3 Å². The molecular weight excluding hydrogens is 342 g/mol. The average molecular weight is 370 g/mol. The Bertz CT molecular complexity index is 899. The van der Waals surface area contributed by atoms with E-state index in [9.17, 15) is 0 Å². The summed E-state index contributed by atoms with van der Waals surface area (Å²) < 4.78 is 0. The molecule has 0 fully saturated rings. The summed E-state index contributed by atoms with van der Waals surface area (Å²) in [4.78, 5) is 18.4. The van der Waals surface area contributed by atoms with E-state index in [4.69, 9.17) is 9.97 Å². The van der Waals surface area contributed by atoms with Crippen LogP contribution in [-0.4, -0.2) is 47.0 Å². The third kappa shape index (κ3) is 4.02. The van der Waals surface area contributed by atoms with Gasteiger partial charge in [0.05, 0.1) is 5.39 Å². The van der Waals surface area contributed by atoms with E-state index in [1.54, 1.807) is 17.5 Å². The van der Waals surface area contributed by atoms with Crippen LogP contribution < -0.4 is 5.32 Å². The SMILES string of the molecule is Cc1sc2nc(-c3cccnc3)nc(NCC(C)(C)CN(C)C)c2c1C. The summed E-state index contributed by atoms with van der Waals surface area (Å²) in [7, 11) is 4.22. The molecule has 0 spiro atoms. The zero-order chi connectivity index (χ0) is 18.9. The smallest absolute Gasteiger partial charge is 0.164 e. The lowest BCUT2D eigenvalue weighted by Crippen LogP contribution is -2.34. The zero-order valence-electron chi connectivity index (χ0n) is 16.4. The number of anilines is 1. The Hall–Kier alpha value is -2.05. The van der Waals surface area contributed by atoms with Crippen molar-refractivity contribution >= 4 is 27.4 Å². The maximum Gasteiger partial charge on any atom is 0.164 e. The number of aromatic nitrogens is 3. The predicted octanol–water partition coefficient (Wildman–Crippen LogP) is 4.37. The number of thiophene rings is 1. The van der Waals surface area contributed by atoms with Gasteiger partial charge in [-0.1, -0.05) is 13.8 Å². The van der Waals surface area contributed by atoms with E-state index in [1.807, 2.05) is 18.3 Å². The van der Waals surface area contributed by atoms with Gasteiger partial charge in [0.25, 0.3) is 0 Å².